The molecule has 0 aromatic rings. The molecule has 0 aliphatic carbocycles. The van der Waals surface area contributed by atoms with Crippen LogP contribution in [0.3, 0.4) is 0 Å². The summed E-state index contributed by atoms with van der Waals surface area (Å²) < 4.78 is 8.81. The van der Waals surface area contributed by atoms with Crippen molar-refractivity contribution in [1.82, 2.24) is 0 Å². The Labute approximate surface area is 155 Å². The summed E-state index contributed by atoms with van der Waals surface area (Å²) >= 11 is 0. The third-order valence-electron chi connectivity index (χ3n) is 0.695. The van der Waals surface area contributed by atoms with E-state index in [9.17, 15) is 9.59 Å². The standard InChI is InChI=1S/2C4H8O2.2C2H4O2.2C2H6O/c2*1-3-6-4(2)5;2*1-2(3)4;2*1-2-3/h2*3H2,1-2H3;2*1H3,(H,3,4);2*3H,2H2,1H3. The fourth-order valence-electron chi connectivity index (χ4n) is 0.407. The highest BCUT2D eigenvalue weighted by atomic mass is 16.5. The molecule has 26 heavy (non-hydrogen) atoms. The van der Waals surface area contributed by atoms with E-state index in [0.29, 0.717) is 13.2 Å². The summed E-state index contributed by atoms with van der Waals surface area (Å²) in [5.74, 6) is -2.09. The predicted molar refractivity (Wildman–Crippen MR) is 96.8 cm³/mol. The molecule has 0 fully saturated rings. The molecule has 0 saturated carbocycles. The summed E-state index contributed by atoms with van der Waals surface area (Å²) in [7, 11) is 0. The van der Waals surface area contributed by atoms with Crippen LogP contribution < -0.4 is 0 Å². The van der Waals surface area contributed by atoms with E-state index in [-0.39, 0.29) is 25.2 Å². The van der Waals surface area contributed by atoms with Gasteiger partial charge in [0.2, 0.25) is 0 Å². The summed E-state index contributed by atoms with van der Waals surface area (Å²) in [4.78, 5) is 37.6. The van der Waals surface area contributed by atoms with Gasteiger partial charge in [0.05, 0.1) is 13.2 Å². The Morgan fingerprint density at radius 1 is 0.615 bits per heavy atom. The van der Waals surface area contributed by atoms with Gasteiger partial charge in [-0.2, -0.15) is 0 Å². The number of carboxylic acid groups (broad SMARTS) is 2. The van der Waals surface area contributed by atoms with Gasteiger partial charge in [-0.1, -0.05) is 0 Å². The van der Waals surface area contributed by atoms with Crippen molar-refractivity contribution in [3.8, 4) is 0 Å². The molecule has 0 saturated heterocycles. The summed E-state index contributed by atoms with van der Waals surface area (Å²) in [6.07, 6.45) is 0. The van der Waals surface area contributed by atoms with E-state index < -0.39 is 11.9 Å². The van der Waals surface area contributed by atoms with Gasteiger partial charge in [0.25, 0.3) is 11.9 Å². The van der Waals surface area contributed by atoms with Crippen molar-refractivity contribution < 1.29 is 49.1 Å². The van der Waals surface area contributed by atoms with Crippen LogP contribution in [-0.2, 0) is 28.7 Å². The zero-order chi connectivity index (χ0) is 22.6. The summed E-state index contributed by atoms with van der Waals surface area (Å²) in [6.45, 7) is 13.3. The van der Waals surface area contributed by atoms with E-state index >= 15 is 0 Å². The van der Waals surface area contributed by atoms with Crippen LogP contribution in [0.4, 0.5) is 0 Å². The van der Waals surface area contributed by atoms with Crippen LogP contribution in [0.1, 0.15) is 55.4 Å². The van der Waals surface area contributed by atoms with Gasteiger partial charge in [-0.15, -0.1) is 0 Å². The average Bonchev–Trinajstić information content (AvgIpc) is 2.39. The molecular weight excluding hydrogens is 352 g/mol. The fraction of sp³-hybridized carbons (Fsp3) is 0.750. The number of hydrogen-bond donors (Lipinski definition) is 4. The highest BCUT2D eigenvalue weighted by molar-refractivity contribution is 5.66. The lowest BCUT2D eigenvalue weighted by atomic mass is 10.8. The average molecular weight is 388 g/mol. The minimum atomic E-state index is -0.833. The molecule has 0 unspecified atom stereocenters. The summed E-state index contributed by atoms with van der Waals surface area (Å²) in [6, 6.07) is 0. The second kappa shape index (κ2) is 43.4. The van der Waals surface area contributed by atoms with Crippen LogP contribution in [0.15, 0.2) is 0 Å². The van der Waals surface area contributed by atoms with E-state index in [2.05, 4.69) is 9.47 Å². The van der Waals surface area contributed by atoms with Gasteiger partial charge in [-0.05, 0) is 27.7 Å². The predicted octanol–water partition coefficient (Wildman–Crippen LogP) is 1.32. The zero-order valence-corrected chi connectivity index (χ0v) is 17.1. The van der Waals surface area contributed by atoms with Crippen molar-refractivity contribution in [2.45, 2.75) is 55.4 Å². The van der Waals surface area contributed by atoms with Crippen LogP contribution in [0.5, 0.6) is 0 Å². The van der Waals surface area contributed by atoms with Crippen molar-refractivity contribution >= 4 is 23.9 Å². The van der Waals surface area contributed by atoms with Crippen molar-refractivity contribution in [2.24, 2.45) is 0 Å². The molecule has 0 aromatic carbocycles. The first-order valence-electron chi connectivity index (χ1n) is 7.71. The monoisotopic (exact) mass is 388 g/mol. The van der Waals surface area contributed by atoms with Crippen LogP contribution in [0.25, 0.3) is 0 Å². The molecule has 0 bridgehead atoms. The second-order valence-corrected chi connectivity index (χ2v) is 3.52. The third-order valence-corrected chi connectivity index (χ3v) is 0.695. The SMILES string of the molecule is CC(=O)O.CC(=O)O.CCO.CCO.CCOC(C)=O.CCOC(C)=O. The van der Waals surface area contributed by atoms with Gasteiger partial charge in [0.1, 0.15) is 0 Å². The van der Waals surface area contributed by atoms with E-state index in [1.807, 2.05) is 0 Å². The maximum atomic E-state index is 9.82. The van der Waals surface area contributed by atoms with E-state index in [0.717, 1.165) is 13.8 Å². The van der Waals surface area contributed by atoms with Gasteiger partial charge in [0, 0.05) is 40.9 Å². The minimum absolute atomic E-state index is 0.211. The quantitative estimate of drug-likeness (QED) is 0.506. The highest BCUT2D eigenvalue weighted by Crippen LogP contribution is 1.70. The number of carbonyl (C=O) groups excluding carboxylic acids is 2. The van der Waals surface area contributed by atoms with Gasteiger partial charge in [-0.3, -0.25) is 19.2 Å². The molecule has 4 N–H and O–H groups in total. The molecule has 0 aromatic heterocycles. The topological polar surface area (TPSA) is 168 Å². The maximum Gasteiger partial charge on any atom is 0.302 e. The first-order chi connectivity index (χ1) is 11.8. The Bertz CT molecular complexity index is 265. The Balaban J connectivity index is -0.0000000473. The van der Waals surface area contributed by atoms with Gasteiger partial charge in [-0.25, -0.2) is 0 Å². The number of rotatable bonds is 2. The molecule has 0 heterocycles. The lowest BCUT2D eigenvalue weighted by molar-refractivity contribution is -0.141. The van der Waals surface area contributed by atoms with Gasteiger partial charge >= 0.3 is 11.9 Å². The maximum absolute atomic E-state index is 9.82. The zero-order valence-electron chi connectivity index (χ0n) is 17.1. The highest BCUT2D eigenvalue weighted by Gasteiger charge is 1.82. The number of esters is 2. The van der Waals surface area contributed by atoms with E-state index in [4.69, 9.17) is 30.0 Å². The molecule has 0 rings (SSSR count). The number of aliphatic carboxylic acids is 2. The Morgan fingerprint density at radius 2 is 0.731 bits per heavy atom. The molecular formula is C16H36O10. The third kappa shape index (κ3) is 653. The summed E-state index contributed by atoms with van der Waals surface area (Å²) in [5, 5.41) is 30.0. The van der Waals surface area contributed by atoms with Crippen LogP contribution >= 0.6 is 0 Å². The van der Waals surface area contributed by atoms with Crippen LogP contribution in [0, 0.1) is 0 Å². The first-order valence-corrected chi connectivity index (χ1v) is 7.71. The van der Waals surface area contributed by atoms with Gasteiger partial charge in [0.15, 0.2) is 0 Å². The number of carbonyl (C=O) groups is 4. The Morgan fingerprint density at radius 3 is 0.731 bits per heavy atom. The normalized spacial score (nSPS) is 6.85. The van der Waals surface area contributed by atoms with Crippen molar-refractivity contribution in [1.29, 1.82) is 0 Å². The van der Waals surface area contributed by atoms with E-state index in [1.165, 1.54) is 13.8 Å². The Hall–Kier alpha value is -2.20. The number of hydrogen-bond acceptors (Lipinski definition) is 8. The molecule has 0 atom stereocenters. The lowest BCUT2D eigenvalue weighted by Gasteiger charge is -1.89. The summed E-state index contributed by atoms with van der Waals surface area (Å²) in [5.41, 5.74) is 0. The molecule has 0 radical (unpaired) electrons. The fourth-order valence-corrected chi connectivity index (χ4v) is 0.407. The van der Waals surface area contributed by atoms with E-state index in [1.54, 1.807) is 27.7 Å². The molecule has 10 heteroatoms. The van der Waals surface area contributed by atoms with Crippen LogP contribution in [0.2, 0.25) is 0 Å². The lowest BCUT2D eigenvalue weighted by Crippen LogP contribution is -1.95. The molecule has 10 nitrogen and oxygen atoms in total. The van der Waals surface area contributed by atoms with Gasteiger partial charge < -0.3 is 29.9 Å². The smallest absolute Gasteiger partial charge is 0.302 e. The van der Waals surface area contributed by atoms with Crippen LogP contribution in [-0.4, -0.2) is 70.7 Å². The molecule has 0 amide bonds. The number of aliphatic hydroxyl groups excluding tert-OH is 2. The number of aliphatic hydroxyl groups is 2. The Kier molecular flexibility index (Phi) is 65.2. The molecule has 0 spiro atoms. The molecule has 160 valence electrons. The number of ether oxygens (including phenoxy) is 2. The second-order valence-electron chi connectivity index (χ2n) is 3.52. The first kappa shape index (κ1) is 39.0. The largest absolute Gasteiger partial charge is 0.481 e. The van der Waals surface area contributed by atoms with Crippen molar-refractivity contribution in [2.75, 3.05) is 26.4 Å². The van der Waals surface area contributed by atoms with Crippen molar-refractivity contribution in [3.05, 3.63) is 0 Å². The molecule has 0 aliphatic heterocycles. The van der Waals surface area contributed by atoms with Crippen molar-refractivity contribution in [3.63, 3.8) is 0 Å². The minimum Gasteiger partial charge on any atom is -0.481 e. The molecule has 0 aliphatic rings. The number of carboxylic acids is 2.